The van der Waals surface area contributed by atoms with Crippen molar-refractivity contribution in [2.45, 2.75) is 73.3 Å². The zero-order valence-corrected chi connectivity index (χ0v) is 25.6. The van der Waals surface area contributed by atoms with Crippen molar-refractivity contribution in [2.75, 3.05) is 0 Å². The maximum absolute atomic E-state index is 14.7. The smallest absolute Gasteiger partial charge is 0.209 e. The van der Waals surface area contributed by atoms with Gasteiger partial charge < -0.3 is 20.4 Å². The average Bonchev–Trinajstić information content (AvgIpc) is 2.87. The lowest BCUT2D eigenvalue weighted by molar-refractivity contribution is -0.171. The fraction of sp³-hybridized carbons (Fsp3) is 0.457. The van der Waals surface area contributed by atoms with Crippen LogP contribution in [-0.2, 0) is 22.4 Å². The number of allylic oxidation sites excluding steroid dienone is 2. The van der Waals surface area contributed by atoms with Crippen molar-refractivity contribution < 1.29 is 39.2 Å². The molecule has 0 spiro atoms. The first-order valence-electron chi connectivity index (χ1n) is 14.7. The van der Waals surface area contributed by atoms with Crippen molar-refractivity contribution in [1.29, 1.82) is 0 Å². The molecule has 0 saturated heterocycles. The predicted octanol–water partition coefficient (Wildman–Crippen LogP) is 6.35. The second-order valence-electron chi connectivity index (χ2n) is 13.9. The molecule has 3 aliphatic rings. The number of benzene rings is 2. The molecule has 8 heteroatoms. The van der Waals surface area contributed by atoms with Crippen LogP contribution in [0.25, 0.3) is 11.1 Å². The Labute approximate surface area is 250 Å². The second-order valence-corrected chi connectivity index (χ2v) is 13.9. The Balaban J connectivity index is 1.77. The molecule has 0 radical (unpaired) electrons. The van der Waals surface area contributed by atoms with Crippen LogP contribution in [0.3, 0.4) is 0 Å². The van der Waals surface area contributed by atoms with Crippen molar-refractivity contribution in [3.63, 3.8) is 0 Å². The summed E-state index contributed by atoms with van der Waals surface area (Å²) in [5.74, 6) is -5.63. The Morgan fingerprint density at radius 1 is 1.05 bits per heavy atom. The molecule has 0 aliphatic heterocycles. The van der Waals surface area contributed by atoms with Crippen LogP contribution >= 0.6 is 0 Å². The first-order chi connectivity index (χ1) is 19.9. The van der Waals surface area contributed by atoms with Gasteiger partial charge in [0.1, 0.15) is 28.7 Å². The third kappa shape index (κ3) is 4.13. The molecule has 0 heterocycles. The van der Waals surface area contributed by atoms with Gasteiger partial charge in [-0.05, 0) is 78.5 Å². The highest BCUT2D eigenvalue weighted by Crippen LogP contribution is 2.65. The molecule has 7 nitrogen and oxygen atoms in total. The molecule has 228 valence electrons. The minimum absolute atomic E-state index is 0.00200. The minimum Gasteiger partial charge on any atom is -0.511 e. The minimum atomic E-state index is -2.66. The van der Waals surface area contributed by atoms with Crippen molar-refractivity contribution in [2.24, 2.45) is 28.6 Å². The van der Waals surface area contributed by atoms with Gasteiger partial charge in [-0.3, -0.25) is 14.4 Å². The maximum Gasteiger partial charge on any atom is 0.209 e. The quantitative estimate of drug-likeness (QED) is 0.298. The van der Waals surface area contributed by atoms with Gasteiger partial charge in [-0.25, -0.2) is 4.39 Å². The van der Waals surface area contributed by atoms with Crippen LogP contribution in [0.15, 0.2) is 53.0 Å². The molecule has 0 aromatic heterocycles. The molecule has 3 aliphatic carbocycles. The van der Waals surface area contributed by atoms with Gasteiger partial charge in [-0.1, -0.05) is 53.7 Å². The van der Waals surface area contributed by atoms with Crippen LogP contribution in [0.1, 0.15) is 76.4 Å². The second kappa shape index (κ2) is 9.88. The molecule has 0 fully saturated rings. The molecule has 0 saturated carbocycles. The summed E-state index contributed by atoms with van der Waals surface area (Å²) in [6, 6.07) is 7.82. The van der Waals surface area contributed by atoms with E-state index in [9.17, 15) is 39.2 Å². The third-order valence-electron chi connectivity index (χ3n) is 9.88. The number of aliphatic hydroxyl groups is 3. The lowest BCUT2D eigenvalue weighted by Gasteiger charge is -2.59. The van der Waals surface area contributed by atoms with Crippen LogP contribution < -0.4 is 0 Å². The van der Waals surface area contributed by atoms with Crippen molar-refractivity contribution in [3.05, 3.63) is 75.5 Å². The number of hydrogen-bond donors (Lipinski definition) is 4. The summed E-state index contributed by atoms with van der Waals surface area (Å²) in [5, 5.41) is 46.2. The molecule has 2 aromatic rings. The van der Waals surface area contributed by atoms with Crippen LogP contribution in [0, 0.1) is 34.4 Å². The summed E-state index contributed by atoms with van der Waals surface area (Å²) in [6.45, 7) is 12.0. The van der Waals surface area contributed by atoms with Gasteiger partial charge in [0.15, 0.2) is 17.2 Å². The fourth-order valence-electron chi connectivity index (χ4n) is 8.34. The molecule has 0 amide bonds. The first kappa shape index (κ1) is 30.7. The largest absolute Gasteiger partial charge is 0.511 e. The third-order valence-corrected chi connectivity index (χ3v) is 9.88. The molecule has 1 unspecified atom stereocenters. The standard InChI is InChI=1S/C35H39FO7/c1-16(2)12-20-13-19(8-10-23(20)36)21-9-11-24(38)26-22(21)14-33(6)15-34(7)27(17(3)4)29(39)25(18(5)37)31(41)35(34,43)32(42)28(33)30(26)40/h8-11,13,16-17,27,38-39,42-43H,12,14-15H2,1-7H3/t27?,33-,34-,35+/m1/s1. The number of carbonyl (C=O) groups excluding carboxylic acids is 3. The van der Waals surface area contributed by atoms with Gasteiger partial charge in [-0.15, -0.1) is 0 Å². The predicted molar refractivity (Wildman–Crippen MR) is 159 cm³/mol. The molecule has 5 rings (SSSR count). The summed E-state index contributed by atoms with van der Waals surface area (Å²) in [5.41, 5.74) is -3.83. The molecular formula is C35H39FO7. The molecule has 2 aromatic carbocycles. The Bertz CT molecular complexity index is 1660. The molecule has 0 bridgehead atoms. The van der Waals surface area contributed by atoms with E-state index < -0.39 is 56.8 Å². The fourth-order valence-corrected chi connectivity index (χ4v) is 8.34. The van der Waals surface area contributed by atoms with Crippen molar-refractivity contribution in [1.82, 2.24) is 0 Å². The highest BCUT2D eigenvalue weighted by atomic mass is 19.1. The van der Waals surface area contributed by atoms with Crippen molar-refractivity contribution >= 4 is 17.3 Å². The Hall–Kier alpha value is -3.78. The number of halogens is 1. The molecule has 4 N–H and O–H groups in total. The number of Topliss-reactive ketones (excluding diaryl/α,β-unsaturated/α-hetero) is 3. The van der Waals surface area contributed by atoms with Crippen LogP contribution in [0.4, 0.5) is 4.39 Å². The Morgan fingerprint density at radius 3 is 2.28 bits per heavy atom. The van der Waals surface area contributed by atoms with E-state index in [0.717, 1.165) is 6.92 Å². The number of hydrogen-bond acceptors (Lipinski definition) is 7. The number of carbonyl (C=O) groups is 3. The summed E-state index contributed by atoms with van der Waals surface area (Å²) >= 11 is 0. The summed E-state index contributed by atoms with van der Waals surface area (Å²) in [6.07, 6.45) is 0.656. The number of ketones is 3. The van der Waals surface area contributed by atoms with E-state index in [1.807, 2.05) is 13.8 Å². The lowest BCUT2D eigenvalue weighted by atomic mass is 9.44. The van der Waals surface area contributed by atoms with Gasteiger partial charge in [-0.2, -0.15) is 0 Å². The molecular weight excluding hydrogens is 551 g/mol. The number of aliphatic hydroxyl groups excluding tert-OH is 2. The zero-order valence-electron chi connectivity index (χ0n) is 25.6. The van der Waals surface area contributed by atoms with E-state index >= 15 is 0 Å². The zero-order chi connectivity index (χ0) is 32.0. The monoisotopic (exact) mass is 590 g/mol. The Morgan fingerprint density at radius 2 is 1.70 bits per heavy atom. The van der Waals surface area contributed by atoms with E-state index in [4.69, 9.17) is 0 Å². The van der Waals surface area contributed by atoms with Gasteiger partial charge >= 0.3 is 0 Å². The van der Waals surface area contributed by atoms with E-state index in [-0.39, 0.29) is 47.4 Å². The summed E-state index contributed by atoms with van der Waals surface area (Å²) in [7, 11) is 0. The van der Waals surface area contributed by atoms with E-state index in [1.54, 1.807) is 45.9 Å². The van der Waals surface area contributed by atoms with E-state index in [1.165, 1.54) is 12.1 Å². The number of phenolic OH excluding ortho intramolecular Hbond substituents is 1. The van der Waals surface area contributed by atoms with Gasteiger partial charge in [0.25, 0.3) is 0 Å². The summed E-state index contributed by atoms with van der Waals surface area (Å²) in [4.78, 5) is 40.6. The van der Waals surface area contributed by atoms with E-state index in [2.05, 4.69) is 0 Å². The molecule has 4 atom stereocenters. The number of fused-ring (bicyclic) bond motifs is 3. The number of rotatable bonds is 5. The van der Waals surface area contributed by atoms with Gasteiger partial charge in [0.05, 0.1) is 5.56 Å². The van der Waals surface area contributed by atoms with Crippen molar-refractivity contribution in [3.8, 4) is 16.9 Å². The van der Waals surface area contributed by atoms with Gasteiger partial charge in [0, 0.05) is 22.3 Å². The lowest BCUT2D eigenvalue weighted by Crippen LogP contribution is -2.67. The highest BCUT2D eigenvalue weighted by molar-refractivity contribution is 6.25. The van der Waals surface area contributed by atoms with E-state index in [0.29, 0.717) is 28.7 Å². The summed E-state index contributed by atoms with van der Waals surface area (Å²) < 4.78 is 14.7. The Kier molecular flexibility index (Phi) is 7.04. The number of aromatic hydroxyl groups is 1. The number of phenols is 1. The maximum atomic E-state index is 14.7. The normalized spacial score (nSPS) is 28.8. The van der Waals surface area contributed by atoms with Crippen LogP contribution in [0.5, 0.6) is 5.75 Å². The topological polar surface area (TPSA) is 132 Å². The van der Waals surface area contributed by atoms with Gasteiger partial charge in [0.2, 0.25) is 5.78 Å². The van der Waals surface area contributed by atoms with Crippen LogP contribution in [0.2, 0.25) is 0 Å². The average molecular weight is 591 g/mol. The molecule has 43 heavy (non-hydrogen) atoms. The highest BCUT2D eigenvalue weighted by Gasteiger charge is 2.71. The first-order valence-corrected chi connectivity index (χ1v) is 14.7. The SMILES string of the molecule is CC(=O)C1=C(O)C(C(C)C)[C@@]2(C)C[C@@]3(C)Cc4c(-c5ccc(F)c(CC(C)C)c5)ccc(O)c4C(=O)C3=C(O)[C@@]2(O)C1=O. The van der Waals surface area contributed by atoms with Crippen LogP contribution in [-0.4, -0.2) is 43.4 Å².